The van der Waals surface area contributed by atoms with E-state index in [0.29, 0.717) is 6.42 Å². The van der Waals surface area contributed by atoms with E-state index < -0.39 is 0 Å². The van der Waals surface area contributed by atoms with E-state index in [1.54, 1.807) is 0 Å². The van der Waals surface area contributed by atoms with Crippen molar-refractivity contribution >= 4 is 23.0 Å². The van der Waals surface area contributed by atoms with Crippen molar-refractivity contribution in [3.8, 4) is 0 Å². The maximum absolute atomic E-state index is 11.5. The molecule has 2 aliphatic rings. The molecule has 3 rings (SSSR count). The Labute approximate surface area is 120 Å². The zero-order valence-electron chi connectivity index (χ0n) is 12.1. The molecule has 108 valence electrons. The van der Waals surface area contributed by atoms with Crippen LogP contribution in [-0.2, 0) is 11.2 Å². The molecule has 0 atom stereocenters. The van der Waals surface area contributed by atoms with Crippen LogP contribution in [0.4, 0.5) is 17.1 Å². The van der Waals surface area contributed by atoms with Gasteiger partial charge in [0.25, 0.3) is 0 Å². The van der Waals surface area contributed by atoms with Gasteiger partial charge >= 0.3 is 0 Å². The van der Waals surface area contributed by atoms with Crippen LogP contribution in [0.2, 0.25) is 0 Å². The molecule has 1 aromatic rings. The van der Waals surface area contributed by atoms with Crippen LogP contribution in [0.5, 0.6) is 0 Å². The van der Waals surface area contributed by atoms with Crippen LogP contribution in [0, 0.1) is 5.92 Å². The van der Waals surface area contributed by atoms with E-state index in [4.69, 9.17) is 5.73 Å². The van der Waals surface area contributed by atoms with Gasteiger partial charge in [0.2, 0.25) is 5.91 Å². The number of hydrogen-bond acceptors (Lipinski definition) is 3. The van der Waals surface area contributed by atoms with Gasteiger partial charge in [0.15, 0.2) is 0 Å². The standard InChI is InChI=1S/C16H23N3O/c1-2-7-19(10-11-3-4-11)15-9-14-12(8-13(15)17)5-6-16(20)18-14/h8-9,11H,2-7,10,17H2,1H3,(H,18,20). The van der Waals surface area contributed by atoms with Crippen molar-refractivity contribution in [3.63, 3.8) is 0 Å². The quantitative estimate of drug-likeness (QED) is 0.811. The number of carbonyl (C=O) groups is 1. The summed E-state index contributed by atoms with van der Waals surface area (Å²) in [6.45, 7) is 4.30. The molecule has 4 heteroatoms. The summed E-state index contributed by atoms with van der Waals surface area (Å²) in [4.78, 5) is 13.9. The monoisotopic (exact) mass is 273 g/mol. The first kappa shape index (κ1) is 13.3. The van der Waals surface area contributed by atoms with Gasteiger partial charge in [-0.2, -0.15) is 0 Å². The van der Waals surface area contributed by atoms with E-state index >= 15 is 0 Å². The number of rotatable bonds is 5. The van der Waals surface area contributed by atoms with Gasteiger partial charge in [-0.05, 0) is 49.3 Å². The molecule has 1 aromatic carbocycles. The van der Waals surface area contributed by atoms with Crippen molar-refractivity contribution in [3.05, 3.63) is 17.7 Å². The summed E-state index contributed by atoms with van der Waals surface area (Å²) in [5.41, 5.74) is 10.3. The number of aryl methyl sites for hydroxylation is 1. The number of nitrogens with zero attached hydrogens (tertiary/aromatic N) is 1. The first-order valence-corrected chi connectivity index (χ1v) is 7.64. The second kappa shape index (κ2) is 5.35. The maximum atomic E-state index is 11.5. The third kappa shape index (κ3) is 2.74. The molecule has 4 nitrogen and oxygen atoms in total. The molecule has 1 fully saturated rings. The molecule has 0 aromatic heterocycles. The number of nitrogen functional groups attached to an aromatic ring is 1. The second-order valence-corrected chi connectivity index (χ2v) is 6.01. The molecule has 0 saturated heterocycles. The normalized spacial score (nSPS) is 17.6. The first-order chi connectivity index (χ1) is 9.67. The third-order valence-electron chi connectivity index (χ3n) is 4.16. The molecule has 3 N–H and O–H groups in total. The van der Waals surface area contributed by atoms with Crippen LogP contribution in [0.25, 0.3) is 0 Å². The van der Waals surface area contributed by atoms with E-state index in [1.165, 1.54) is 12.8 Å². The molecule has 20 heavy (non-hydrogen) atoms. The van der Waals surface area contributed by atoms with E-state index in [2.05, 4.69) is 23.2 Å². The molecule has 1 amide bonds. The molecule has 1 aliphatic heterocycles. The van der Waals surface area contributed by atoms with Crippen LogP contribution in [0.1, 0.15) is 38.2 Å². The predicted octanol–water partition coefficient (Wildman–Crippen LogP) is 2.78. The van der Waals surface area contributed by atoms with Gasteiger partial charge in [0.05, 0.1) is 11.4 Å². The number of benzene rings is 1. The zero-order chi connectivity index (χ0) is 14.1. The minimum atomic E-state index is 0.109. The van der Waals surface area contributed by atoms with Crippen LogP contribution < -0.4 is 16.0 Å². The van der Waals surface area contributed by atoms with Crippen molar-refractivity contribution < 1.29 is 4.79 Å². The van der Waals surface area contributed by atoms with E-state index in [9.17, 15) is 4.79 Å². The summed E-state index contributed by atoms with van der Waals surface area (Å²) >= 11 is 0. The lowest BCUT2D eigenvalue weighted by Crippen LogP contribution is -2.28. The lowest BCUT2D eigenvalue weighted by Gasteiger charge is -2.28. The lowest BCUT2D eigenvalue weighted by atomic mass is 10.0. The minimum absolute atomic E-state index is 0.109. The molecular formula is C16H23N3O. The molecule has 1 aliphatic carbocycles. The Bertz CT molecular complexity index is 523. The van der Waals surface area contributed by atoms with Gasteiger partial charge in [-0.15, -0.1) is 0 Å². The third-order valence-corrected chi connectivity index (χ3v) is 4.16. The number of nitrogens with one attached hydrogen (secondary N) is 1. The van der Waals surface area contributed by atoms with Gasteiger partial charge in [0.1, 0.15) is 0 Å². The lowest BCUT2D eigenvalue weighted by molar-refractivity contribution is -0.116. The summed E-state index contributed by atoms with van der Waals surface area (Å²) in [5, 5.41) is 2.97. The number of hydrogen-bond donors (Lipinski definition) is 2. The topological polar surface area (TPSA) is 58.4 Å². The van der Waals surface area contributed by atoms with Gasteiger partial charge in [-0.3, -0.25) is 4.79 Å². The molecule has 1 heterocycles. The van der Waals surface area contributed by atoms with E-state index in [1.807, 2.05) is 6.07 Å². The summed E-state index contributed by atoms with van der Waals surface area (Å²) in [6, 6.07) is 4.11. The maximum Gasteiger partial charge on any atom is 0.224 e. The van der Waals surface area contributed by atoms with Crippen LogP contribution >= 0.6 is 0 Å². The Balaban J connectivity index is 1.89. The molecule has 0 bridgehead atoms. The van der Waals surface area contributed by atoms with Crippen molar-refractivity contribution in [1.29, 1.82) is 0 Å². The summed E-state index contributed by atoms with van der Waals surface area (Å²) < 4.78 is 0. The Hall–Kier alpha value is -1.71. The van der Waals surface area contributed by atoms with Crippen LogP contribution in [-0.4, -0.2) is 19.0 Å². The highest BCUT2D eigenvalue weighted by molar-refractivity contribution is 5.95. The fourth-order valence-electron chi connectivity index (χ4n) is 2.90. The van der Waals surface area contributed by atoms with Gasteiger partial charge in [-0.1, -0.05) is 6.92 Å². The predicted molar refractivity (Wildman–Crippen MR) is 83.0 cm³/mol. The Kier molecular flexibility index (Phi) is 3.55. The fourth-order valence-corrected chi connectivity index (χ4v) is 2.90. The number of anilines is 3. The number of nitrogens with two attached hydrogens (primary N) is 1. The summed E-state index contributed by atoms with van der Waals surface area (Å²) in [6.07, 6.45) is 5.13. The van der Waals surface area contributed by atoms with Crippen molar-refractivity contribution in [2.75, 3.05) is 29.0 Å². The second-order valence-electron chi connectivity index (χ2n) is 6.01. The largest absolute Gasteiger partial charge is 0.397 e. The fraction of sp³-hybridized carbons (Fsp3) is 0.562. The van der Waals surface area contributed by atoms with Gasteiger partial charge in [0, 0.05) is 25.2 Å². The highest BCUT2D eigenvalue weighted by Gasteiger charge is 2.26. The molecule has 1 saturated carbocycles. The van der Waals surface area contributed by atoms with Crippen molar-refractivity contribution in [2.45, 2.75) is 39.0 Å². The van der Waals surface area contributed by atoms with E-state index in [0.717, 1.165) is 54.5 Å². The van der Waals surface area contributed by atoms with Gasteiger partial charge < -0.3 is 16.0 Å². The van der Waals surface area contributed by atoms with Crippen molar-refractivity contribution in [2.24, 2.45) is 5.92 Å². The van der Waals surface area contributed by atoms with E-state index in [-0.39, 0.29) is 5.91 Å². The number of carbonyl (C=O) groups excluding carboxylic acids is 1. The zero-order valence-corrected chi connectivity index (χ0v) is 12.1. The summed E-state index contributed by atoms with van der Waals surface area (Å²) in [7, 11) is 0. The minimum Gasteiger partial charge on any atom is -0.397 e. The Morgan fingerprint density at radius 3 is 2.85 bits per heavy atom. The molecular weight excluding hydrogens is 250 g/mol. The summed E-state index contributed by atoms with van der Waals surface area (Å²) in [5.74, 6) is 0.934. The van der Waals surface area contributed by atoms with Crippen LogP contribution in [0.15, 0.2) is 12.1 Å². The Morgan fingerprint density at radius 2 is 2.15 bits per heavy atom. The molecule has 0 unspecified atom stereocenters. The number of amides is 1. The highest BCUT2D eigenvalue weighted by atomic mass is 16.1. The SMILES string of the molecule is CCCN(CC1CC1)c1cc2c(cc1N)CCC(=O)N2. The van der Waals surface area contributed by atoms with Gasteiger partial charge in [-0.25, -0.2) is 0 Å². The molecule has 0 radical (unpaired) electrons. The number of fused-ring (bicyclic) bond motifs is 1. The average Bonchev–Trinajstić information content (AvgIpc) is 3.22. The smallest absolute Gasteiger partial charge is 0.224 e. The highest BCUT2D eigenvalue weighted by Crippen LogP contribution is 2.36. The van der Waals surface area contributed by atoms with Crippen LogP contribution in [0.3, 0.4) is 0 Å². The Morgan fingerprint density at radius 1 is 1.35 bits per heavy atom. The van der Waals surface area contributed by atoms with Crippen molar-refractivity contribution in [1.82, 2.24) is 0 Å². The first-order valence-electron chi connectivity index (χ1n) is 7.64. The molecule has 0 spiro atoms. The average molecular weight is 273 g/mol.